The van der Waals surface area contributed by atoms with Crippen LogP contribution in [0.1, 0.15) is 40.2 Å². The van der Waals surface area contributed by atoms with E-state index in [9.17, 15) is 4.79 Å². The highest BCUT2D eigenvalue weighted by atomic mass is 33.1. The maximum Gasteiger partial charge on any atom is 0.407 e. The molecule has 0 aromatic heterocycles. The summed E-state index contributed by atoms with van der Waals surface area (Å²) < 4.78 is 5.17. The Bertz CT molecular complexity index is 464. The average molecular weight is 328 g/mol. The zero-order chi connectivity index (χ0) is 16.1. The standard InChI is InChI=1S/C16H25NO2S2/c1-12-7-9-13(10-8-12)20-21-16(5,6)11-17-14(18)19-15(2,3)4/h7-10H,11H2,1-6H3,(H,17,18). The molecule has 3 nitrogen and oxygen atoms in total. The Balaban J connectivity index is 2.39. The van der Waals surface area contributed by atoms with Crippen LogP contribution >= 0.6 is 21.6 Å². The molecule has 0 bridgehead atoms. The zero-order valence-electron chi connectivity index (χ0n) is 13.6. The molecule has 0 atom stereocenters. The molecule has 1 aromatic rings. The van der Waals surface area contributed by atoms with Gasteiger partial charge >= 0.3 is 6.09 Å². The Morgan fingerprint density at radius 2 is 1.71 bits per heavy atom. The highest BCUT2D eigenvalue weighted by molar-refractivity contribution is 8.77. The Hall–Kier alpha value is -0.810. The molecule has 0 aliphatic heterocycles. The Labute approximate surface area is 136 Å². The molecule has 0 heterocycles. The molecule has 0 saturated carbocycles. The summed E-state index contributed by atoms with van der Waals surface area (Å²) in [4.78, 5) is 12.9. The van der Waals surface area contributed by atoms with Gasteiger partial charge in [-0.2, -0.15) is 0 Å². The number of nitrogens with one attached hydrogen (secondary N) is 1. The van der Waals surface area contributed by atoms with E-state index in [1.807, 2.05) is 20.8 Å². The molecule has 0 aliphatic carbocycles. The predicted molar refractivity (Wildman–Crippen MR) is 92.9 cm³/mol. The zero-order valence-corrected chi connectivity index (χ0v) is 15.3. The largest absolute Gasteiger partial charge is 0.444 e. The average Bonchev–Trinajstić information content (AvgIpc) is 2.34. The van der Waals surface area contributed by atoms with Gasteiger partial charge in [0.2, 0.25) is 0 Å². The number of hydrogen-bond donors (Lipinski definition) is 1. The van der Waals surface area contributed by atoms with E-state index in [-0.39, 0.29) is 10.8 Å². The van der Waals surface area contributed by atoms with Gasteiger partial charge in [-0.1, -0.05) is 39.3 Å². The van der Waals surface area contributed by atoms with Crippen LogP contribution < -0.4 is 5.32 Å². The normalized spacial score (nSPS) is 12.1. The molecule has 5 heteroatoms. The van der Waals surface area contributed by atoms with Crippen molar-refractivity contribution in [3.8, 4) is 0 Å². The molecule has 21 heavy (non-hydrogen) atoms. The van der Waals surface area contributed by atoms with Crippen LogP contribution in [0.2, 0.25) is 0 Å². The van der Waals surface area contributed by atoms with E-state index < -0.39 is 5.60 Å². The number of benzene rings is 1. The highest BCUT2D eigenvalue weighted by Gasteiger charge is 2.22. The van der Waals surface area contributed by atoms with Crippen LogP contribution in [0.25, 0.3) is 0 Å². The van der Waals surface area contributed by atoms with Gasteiger partial charge in [0.15, 0.2) is 0 Å². The number of ether oxygens (including phenoxy) is 1. The van der Waals surface area contributed by atoms with Gasteiger partial charge in [0.1, 0.15) is 5.60 Å². The molecule has 1 rings (SSSR count). The Kier molecular flexibility index (Phi) is 6.47. The van der Waals surface area contributed by atoms with Crippen LogP contribution in [0.3, 0.4) is 0 Å². The van der Waals surface area contributed by atoms with E-state index in [0.717, 1.165) is 0 Å². The summed E-state index contributed by atoms with van der Waals surface area (Å²) in [5, 5.41) is 2.83. The van der Waals surface area contributed by atoms with E-state index >= 15 is 0 Å². The third kappa shape index (κ3) is 8.27. The first-order valence-electron chi connectivity index (χ1n) is 6.97. The van der Waals surface area contributed by atoms with Crippen LogP contribution in [0.4, 0.5) is 4.79 Å². The van der Waals surface area contributed by atoms with Crippen LogP contribution in [0, 0.1) is 6.92 Å². The number of carbonyl (C=O) groups excluding carboxylic acids is 1. The maximum absolute atomic E-state index is 11.7. The van der Waals surface area contributed by atoms with Crippen LogP contribution in [-0.4, -0.2) is 23.0 Å². The summed E-state index contributed by atoms with van der Waals surface area (Å²) in [7, 11) is 3.47. The molecule has 0 aliphatic rings. The van der Waals surface area contributed by atoms with E-state index in [2.05, 4.69) is 50.4 Å². The van der Waals surface area contributed by atoms with Crippen molar-refractivity contribution in [3.05, 3.63) is 29.8 Å². The lowest BCUT2D eigenvalue weighted by atomic mass is 10.2. The number of carbonyl (C=O) groups is 1. The second-order valence-corrected chi connectivity index (χ2v) is 9.50. The van der Waals surface area contributed by atoms with Crippen molar-refractivity contribution in [3.63, 3.8) is 0 Å². The fourth-order valence-electron chi connectivity index (χ4n) is 1.38. The van der Waals surface area contributed by atoms with Crippen molar-refractivity contribution in [2.45, 2.75) is 56.8 Å². The van der Waals surface area contributed by atoms with Crippen molar-refractivity contribution in [2.24, 2.45) is 0 Å². The third-order valence-corrected chi connectivity index (χ3v) is 5.77. The van der Waals surface area contributed by atoms with Gasteiger partial charge in [-0.05, 0) is 53.7 Å². The van der Waals surface area contributed by atoms with E-state index in [4.69, 9.17) is 4.74 Å². The fraction of sp³-hybridized carbons (Fsp3) is 0.562. The maximum atomic E-state index is 11.7. The topological polar surface area (TPSA) is 38.3 Å². The quantitative estimate of drug-likeness (QED) is 0.769. The van der Waals surface area contributed by atoms with Gasteiger partial charge in [-0.25, -0.2) is 4.79 Å². The molecule has 0 radical (unpaired) electrons. The number of rotatable bonds is 5. The van der Waals surface area contributed by atoms with Gasteiger partial charge in [-0.15, -0.1) is 0 Å². The van der Waals surface area contributed by atoms with Crippen molar-refractivity contribution in [1.82, 2.24) is 5.32 Å². The van der Waals surface area contributed by atoms with Gasteiger partial charge in [-0.3, -0.25) is 0 Å². The lowest BCUT2D eigenvalue weighted by Crippen LogP contribution is -2.39. The minimum Gasteiger partial charge on any atom is -0.444 e. The monoisotopic (exact) mass is 327 g/mol. The van der Waals surface area contributed by atoms with Crippen LogP contribution in [-0.2, 0) is 4.74 Å². The van der Waals surface area contributed by atoms with Crippen molar-refractivity contribution >= 4 is 27.7 Å². The molecule has 0 fully saturated rings. The minimum atomic E-state index is -0.460. The lowest BCUT2D eigenvalue weighted by molar-refractivity contribution is 0.0524. The van der Waals surface area contributed by atoms with Gasteiger partial charge in [0.25, 0.3) is 0 Å². The van der Waals surface area contributed by atoms with Gasteiger partial charge in [0.05, 0.1) is 0 Å². The summed E-state index contributed by atoms with van der Waals surface area (Å²) in [5.41, 5.74) is 0.799. The van der Waals surface area contributed by atoms with Crippen molar-refractivity contribution < 1.29 is 9.53 Å². The highest BCUT2D eigenvalue weighted by Crippen LogP contribution is 2.40. The third-order valence-electron chi connectivity index (χ3n) is 2.44. The second-order valence-electron chi connectivity index (χ2n) is 6.59. The number of alkyl carbamates (subject to hydrolysis) is 1. The number of aryl methyl sites for hydroxylation is 1. The molecule has 0 spiro atoms. The second kappa shape index (κ2) is 7.45. The van der Waals surface area contributed by atoms with E-state index in [0.29, 0.717) is 6.54 Å². The molecular weight excluding hydrogens is 302 g/mol. The predicted octanol–water partition coefficient (Wildman–Crippen LogP) is 5.04. The minimum absolute atomic E-state index is 0.0769. The lowest BCUT2D eigenvalue weighted by Gasteiger charge is -2.25. The number of amides is 1. The van der Waals surface area contributed by atoms with Crippen molar-refractivity contribution in [2.75, 3.05) is 6.54 Å². The first-order valence-corrected chi connectivity index (χ1v) is 9.12. The summed E-state index contributed by atoms with van der Waals surface area (Å²) in [5.74, 6) is 0. The summed E-state index contributed by atoms with van der Waals surface area (Å²) in [6.45, 7) is 12.4. The smallest absolute Gasteiger partial charge is 0.407 e. The van der Waals surface area contributed by atoms with E-state index in [1.165, 1.54) is 10.5 Å². The molecule has 1 N–H and O–H groups in total. The summed E-state index contributed by atoms with van der Waals surface area (Å²) >= 11 is 0. The SMILES string of the molecule is Cc1ccc(SSC(C)(C)CNC(=O)OC(C)(C)C)cc1. The Morgan fingerprint density at radius 1 is 1.14 bits per heavy atom. The summed E-state index contributed by atoms with van der Waals surface area (Å²) in [6.07, 6.45) is -0.364. The van der Waals surface area contributed by atoms with Crippen LogP contribution in [0.15, 0.2) is 29.2 Å². The van der Waals surface area contributed by atoms with E-state index in [1.54, 1.807) is 21.6 Å². The fourth-order valence-corrected chi connectivity index (χ4v) is 3.56. The van der Waals surface area contributed by atoms with Gasteiger partial charge in [0, 0.05) is 16.2 Å². The molecule has 1 aromatic carbocycles. The Morgan fingerprint density at radius 3 is 2.24 bits per heavy atom. The van der Waals surface area contributed by atoms with Crippen LogP contribution in [0.5, 0.6) is 0 Å². The first-order chi connectivity index (χ1) is 9.57. The molecule has 118 valence electrons. The van der Waals surface area contributed by atoms with Gasteiger partial charge < -0.3 is 10.1 Å². The molecule has 0 unspecified atom stereocenters. The molecule has 1 amide bonds. The van der Waals surface area contributed by atoms with Crippen molar-refractivity contribution in [1.29, 1.82) is 0 Å². The number of hydrogen-bond acceptors (Lipinski definition) is 4. The molecular formula is C16H25NO2S2. The first kappa shape index (κ1) is 18.2. The molecule has 0 saturated heterocycles. The summed E-state index contributed by atoms with van der Waals surface area (Å²) in [6, 6.07) is 8.44.